The molecule has 1 heterocycles. The van der Waals surface area contributed by atoms with Crippen molar-refractivity contribution in [1.29, 1.82) is 0 Å². The molecule has 1 fully saturated rings. The number of nitrogens with zero attached hydrogens (tertiary/aromatic N) is 1. The summed E-state index contributed by atoms with van der Waals surface area (Å²) in [6, 6.07) is 4.77. The second-order valence-electron chi connectivity index (χ2n) is 6.84. The van der Waals surface area contributed by atoms with Crippen LogP contribution in [0.2, 0.25) is 0 Å². The molecule has 0 aliphatic carbocycles. The van der Waals surface area contributed by atoms with Crippen LogP contribution in [0.5, 0.6) is 0 Å². The molecule has 1 N–H and O–H groups in total. The van der Waals surface area contributed by atoms with Crippen molar-refractivity contribution in [3.05, 3.63) is 29.3 Å². The smallest absolute Gasteiger partial charge is 0.338 e. The molecule has 1 aliphatic rings. The Morgan fingerprint density at radius 3 is 2.60 bits per heavy atom. The van der Waals surface area contributed by atoms with E-state index in [2.05, 4.69) is 16.5 Å². The first-order chi connectivity index (χ1) is 11.8. The van der Waals surface area contributed by atoms with E-state index in [4.69, 9.17) is 4.74 Å². The van der Waals surface area contributed by atoms with Gasteiger partial charge in [-0.1, -0.05) is 13.0 Å². The standard InChI is InChI=1S/C18H28N2O4S/c1-13-8-10-20(11-9-13)14(2)12-19-25(22,23)17-7-5-6-16(15(17)3)18(21)24-4/h5-7,13-14,19H,8-12H2,1-4H3. The first-order valence-corrected chi connectivity index (χ1v) is 10.2. The molecule has 0 bridgehead atoms. The molecule has 140 valence electrons. The summed E-state index contributed by atoms with van der Waals surface area (Å²) in [6.07, 6.45) is 2.30. The average Bonchev–Trinajstić information content (AvgIpc) is 2.59. The van der Waals surface area contributed by atoms with Gasteiger partial charge in [0.2, 0.25) is 10.0 Å². The molecule has 1 saturated heterocycles. The largest absolute Gasteiger partial charge is 0.465 e. The number of rotatable bonds is 6. The summed E-state index contributed by atoms with van der Waals surface area (Å²) in [5.41, 5.74) is 0.671. The maximum atomic E-state index is 12.7. The van der Waals surface area contributed by atoms with Crippen LogP contribution < -0.4 is 4.72 Å². The summed E-state index contributed by atoms with van der Waals surface area (Å²) in [6.45, 7) is 8.26. The number of carbonyl (C=O) groups excluding carboxylic acids is 1. The number of esters is 1. The highest BCUT2D eigenvalue weighted by molar-refractivity contribution is 7.89. The van der Waals surface area contributed by atoms with Crippen molar-refractivity contribution >= 4 is 16.0 Å². The molecule has 0 saturated carbocycles. The zero-order valence-corrected chi connectivity index (χ0v) is 16.2. The van der Waals surface area contributed by atoms with Crippen LogP contribution in [0.15, 0.2) is 23.1 Å². The van der Waals surface area contributed by atoms with Gasteiger partial charge in [0.1, 0.15) is 0 Å². The Morgan fingerprint density at radius 1 is 1.36 bits per heavy atom. The minimum Gasteiger partial charge on any atom is -0.465 e. The van der Waals surface area contributed by atoms with Crippen LogP contribution in [-0.2, 0) is 14.8 Å². The van der Waals surface area contributed by atoms with Crippen LogP contribution in [0.1, 0.15) is 42.6 Å². The number of methoxy groups -OCH3 is 1. The number of ether oxygens (including phenoxy) is 1. The predicted octanol–water partition coefficient (Wildman–Crippen LogP) is 2.18. The Labute approximate surface area is 150 Å². The number of hydrogen-bond acceptors (Lipinski definition) is 5. The van der Waals surface area contributed by atoms with Crippen molar-refractivity contribution in [2.45, 2.75) is 44.6 Å². The first kappa shape index (κ1) is 19.9. The Morgan fingerprint density at radius 2 is 2.00 bits per heavy atom. The molecule has 1 aromatic rings. The van der Waals surface area contributed by atoms with Gasteiger partial charge >= 0.3 is 5.97 Å². The number of carbonyl (C=O) groups is 1. The third-order valence-electron chi connectivity index (χ3n) is 4.99. The molecule has 6 nitrogen and oxygen atoms in total. The summed E-state index contributed by atoms with van der Waals surface area (Å²) < 4.78 is 32.7. The van der Waals surface area contributed by atoms with Crippen LogP contribution in [-0.4, -0.2) is 52.1 Å². The molecule has 1 aromatic carbocycles. The summed E-state index contributed by atoms with van der Waals surface area (Å²) in [7, 11) is -2.40. The van der Waals surface area contributed by atoms with E-state index in [1.807, 2.05) is 6.92 Å². The molecular formula is C18H28N2O4S. The van der Waals surface area contributed by atoms with E-state index in [9.17, 15) is 13.2 Å². The summed E-state index contributed by atoms with van der Waals surface area (Å²) >= 11 is 0. The van der Waals surface area contributed by atoms with Crippen LogP contribution in [0, 0.1) is 12.8 Å². The lowest BCUT2D eigenvalue weighted by atomic mass is 9.98. The van der Waals surface area contributed by atoms with E-state index < -0.39 is 16.0 Å². The van der Waals surface area contributed by atoms with E-state index in [0.29, 0.717) is 12.1 Å². The zero-order valence-electron chi connectivity index (χ0n) is 15.4. The van der Waals surface area contributed by atoms with Gasteiger partial charge in [0.25, 0.3) is 0 Å². The fraction of sp³-hybridized carbons (Fsp3) is 0.611. The Balaban J connectivity index is 2.08. The maximum absolute atomic E-state index is 12.7. The molecule has 7 heteroatoms. The van der Waals surface area contributed by atoms with Gasteiger partial charge in [-0.2, -0.15) is 0 Å². The SMILES string of the molecule is COC(=O)c1cccc(S(=O)(=O)NCC(C)N2CCC(C)CC2)c1C. The number of sulfonamides is 1. The molecule has 0 amide bonds. The zero-order chi connectivity index (χ0) is 18.6. The van der Waals surface area contributed by atoms with Crippen LogP contribution in [0.3, 0.4) is 0 Å². The lowest BCUT2D eigenvalue weighted by Crippen LogP contribution is -2.45. The van der Waals surface area contributed by atoms with Crippen LogP contribution in [0.25, 0.3) is 0 Å². The Hall–Kier alpha value is -1.44. The highest BCUT2D eigenvalue weighted by atomic mass is 32.2. The van der Waals surface area contributed by atoms with E-state index in [-0.39, 0.29) is 16.5 Å². The second-order valence-corrected chi connectivity index (χ2v) is 8.58. The van der Waals surface area contributed by atoms with Gasteiger partial charge in [0, 0.05) is 12.6 Å². The van der Waals surface area contributed by atoms with Crippen LogP contribution in [0.4, 0.5) is 0 Å². The molecule has 0 spiro atoms. The van der Waals surface area contributed by atoms with Crippen LogP contribution >= 0.6 is 0 Å². The van der Waals surface area contributed by atoms with E-state index >= 15 is 0 Å². The highest BCUT2D eigenvalue weighted by Gasteiger charge is 2.24. The number of likely N-dealkylation sites (tertiary alicyclic amines) is 1. The van der Waals surface area contributed by atoms with Crippen molar-refractivity contribution in [2.75, 3.05) is 26.7 Å². The Kier molecular flexibility index (Phi) is 6.59. The lowest BCUT2D eigenvalue weighted by Gasteiger charge is -2.35. The number of benzene rings is 1. The molecular weight excluding hydrogens is 340 g/mol. The van der Waals surface area contributed by atoms with Gasteiger partial charge in [-0.25, -0.2) is 17.9 Å². The summed E-state index contributed by atoms with van der Waals surface area (Å²) in [4.78, 5) is 14.2. The van der Waals surface area contributed by atoms with E-state index in [0.717, 1.165) is 31.8 Å². The third-order valence-corrected chi connectivity index (χ3v) is 6.56. The molecule has 2 rings (SSSR count). The van der Waals surface area contributed by atoms with Gasteiger partial charge in [0.05, 0.1) is 17.6 Å². The highest BCUT2D eigenvalue weighted by Crippen LogP contribution is 2.21. The molecule has 0 radical (unpaired) electrons. The third kappa shape index (κ3) is 4.80. The topological polar surface area (TPSA) is 75.7 Å². The Bertz CT molecular complexity index is 710. The van der Waals surface area contributed by atoms with Crippen molar-refractivity contribution in [1.82, 2.24) is 9.62 Å². The van der Waals surface area contributed by atoms with E-state index in [1.54, 1.807) is 19.1 Å². The molecule has 25 heavy (non-hydrogen) atoms. The number of hydrogen-bond donors (Lipinski definition) is 1. The predicted molar refractivity (Wildman–Crippen MR) is 97.1 cm³/mol. The van der Waals surface area contributed by atoms with Gasteiger partial charge in [-0.3, -0.25) is 4.90 Å². The van der Waals surface area contributed by atoms with Crippen molar-refractivity contribution < 1.29 is 17.9 Å². The van der Waals surface area contributed by atoms with Gasteiger partial charge < -0.3 is 4.74 Å². The van der Waals surface area contributed by atoms with Gasteiger partial charge in [-0.15, -0.1) is 0 Å². The minimum absolute atomic E-state index is 0.120. The molecule has 0 aromatic heterocycles. The van der Waals surface area contributed by atoms with Gasteiger partial charge in [-0.05, 0) is 63.4 Å². The fourth-order valence-electron chi connectivity index (χ4n) is 3.14. The average molecular weight is 368 g/mol. The molecule has 1 atom stereocenters. The van der Waals surface area contributed by atoms with Crippen molar-refractivity contribution in [2.24, 2.45) is 5.92 Å². The lowest BCUT2D eigenvalue weighted by molar-refractivity contribution is 0.0599. The summed E-state index contributed by atoms with van der Waals surface area (Å²) in [5.74, 6) is 0.203. The summed E-state index contributed by atoms with van der Waals surface area (Å²) in [5, 5.41) is 0. The molecule has 1 aliphatic heterocycles. The number of piperidine rings is 1. The van der Waals surface area contributed by atoms with E-state index in [1.165, 1.54) is 13.2 Å². The number of nitrogens with one attached hydrogen (secondary N) is 1. The monoisotopic (exact) mass is 368 g/mol. The second kappa shape index (κ2) is 8.29. The normalized spacial score (nSPS) is 18.1. The minimum atomic E-state index is -3.68. The van der Waals surface area contributed by atoms with Crippen molar-refractivity contribution in [3.8, 4) is 0 Å². The fourth-order valence-corrected chi connectivity index (χ4v) is 4.53. The maximum Gasteiger partial charge on any atom is 0.338 e. The first-order valence-electron chi connectivity index (χ1n) is 8.68. The quantitative estimate of drug-likeness (QED) is 0.779. The molecule has 1 unspecified atom stereocenters. The van der Waals surface area contributed by atoms with Gasteiger partial charge in [0.15, 0.2) is 0 Å². The van der Waals surface area contributed by atoms with Crippen molar-refractivity contribution in [3.63, 3.8) is 0 Å².